The summed E-state index contributed by atoms with van der Waals surface area (Å²) >= 11 is 1.04. The molecule has 2 aromatic rings. The van der Waals surface area contributed by atoms with E-state index in [1.165, 1.54) is 0 Å². The number of carbonyl (C=O) groups is 3. The topological polar surface area (TPSA) is 99.6 Å². The van der Waals surface area contributed by atoms with Gasteiger partial charge < -0.3 is 15.3 Å². The summed E-state index contributed by atoms with van der Waals surface area (Å²) in [6.45, 7) is 5.80. The fourth-order valence-electron chi connectivity index (χ4n) is 2.30. The molecule has 8 heteroatoms. The number of amides is 2. The molecule has 0 saturated heterocycles. The minimum atomic E-state index is -1.03. The molecule has 1 atom stereocenters. The zero-order chi connectivity index (χ0) is 19.4. The van der Waals surface area contributed by atoms with Crippen LogP contribution in [0.15, 0.2) is 24.3 Å². The molecule has 7 nitrogen and oxygen atoms in total. The maximum absolute atomic E-state index is 12.5. The van der Waals surface area contributed by atoms with Crippen molar-refractivity contribution in [2.24, 2.45) is 0 Å². The number of hydrogen-bond acceptors (Lipinski definition) is 5. The van der Waals surface area contributed by atoms with Crippen LogP contribution in [0.4, 0.5) is 0 Å². The van der Waals surface area contributed by atoms with Crippen LogP contribution in [0, 0.1) is 6.92 Å². The summed E-state index contributed by atoms with van der Waals surface area (Å²) in [6, 6.07) is 6.05. The SMILES string of the molecule is CCN(C)C(=O)c1cccc(C(=O)NC(C)c2nc(C)c(C(=O)O)s2)c1. The van der Waals surface area contributed by atoms with E-state index in [9.17, 15) is 14.4 Å². The highest BCUT2D eigenvalue weighted by Crippen LogP contribution is 2.23. The molecule has 1 aromatic carbocycles. The minimum Gasteiger partial charge on any atom is -0.477 e. The molecule has 0 aliphatic rings. The molecule has 0 saturated carbocycles. The van der Waals surface area contributed by atoms with Crippen molar-refractivity contribution in [1.82, 2.24) is 15.2 Å². The van der Waals surface area contributed by atoms with E-state index in [2.05, 4.69) is 10.3 Å². The molecular formula is C18H21N3O4S. The van der Waals surface area contributed by atoms with Crippen LogP contribution < -0.4 is 5.32 Å². The van der Waals surface area contributed by atoms with Crippen molar-refractivity contribution in [2.45, 2.75) is 26.8 Å². The van der Waals surface area contributed by atoms with Crippen molar-refractivity contribution in [1.29, 1.82) is 0 Å². The first-order chi connectivity index (χ1) is 12.2. The molecule has 0 radical (unpaired) electrons. The number of carboxylic acids is 1. The van der Waals surface area contributed by atoms with E-state index >= 15 is 0 Å². The smallest absolute Gasteiger partial charge is 0.347 e. The summed E-state index contributed by atoms with van der Waals surface area (Å²) in [6.07, 6.45) is 0. The van der Waals surface area contributed by atoms with E-state index in [-0.39, 0.29) is 16.7 Å². The number of aryl methyl sites for hydroxylation is 1. The Labute approximate surface area is 155 Å². The third-order valence-electron chi connectivity index (χ3n) is 3.92. The van der Waals surface area contributed by atoms with Gasteiger partial charge in [0.25, 0.3) is 11.8 Å². The highest BCUT2D eigenvalue weighted by atomic mass is 32.1. The number of hydrogen-bond donors (Lipinski definition) is 2. The Hall–Kier alpha value is -2.74. The fraction of sp³-hybridized carbons (Fsp3) is 0.333. The van der Waals surface area contributed by atoms with Gasteiger partial charge in [-0.2, -0.15) is 0 Å². The molecule has 2 N–H and O–H groups in total. The van der Waals surface area contributed by atoms with E-state index < -0.39 is 12.0 Å². The number of carbonyl (C=O) groups excluding carboxylic acids is 2. The number of thiazole rings is 1. The van der Waals surface area contributed by atoms with E-state index in [0.29, 0.717) is 28.4 Å². The van der Waals surface area contributed by atoms with Gasteiger partial charge in [-0.1, -0.05) is 6.07 Å². The van der Waals surface area contributed by atoms with Gasteiger partial charge in [0.05, 0.1) is 11.7 Å². The molecule has 138 valence electrons. The zero-order valence-electron chi connectivity index (χ0n) is 15.1. The Morgan fingerprint density at radius 1 is 1.31 bits per heavy atom. The predicted octanol–water partition coefficient (Wildman–Crippen LogP) is 2.73. The summed E-state index contributed by atoms with van der Waals surface area (Å²) in [5.41, 5.74) is 1.22. The summed E-state index contributed by atoms with van der Waals surface area (Å²) in [7, 11) is 1.70. The van der Waals surface area contributed by atoms with Crippen LogP contribution in [0.1, 0.15) is 61.0 Å². The average molecular weight is 375 g/mol. The first kappa shape index (κ1) is 19.6. The standard InChI is InChI=1S/C18H21N3O4S/c1-5-21(4)17(23)13-8-6-7-12(9-13)15(22)19-11(3)16-20-10(2)14(26-16)18(24)25/h6-9,11H,5H2,1-4H3,(H,19,22)(H,24,25). The predicted molar refractivity (Wildman–Crippen MR) is 98.8 cm³/mol. The van der Waals surface area contributed by atoms with E-state index in [1.54, 1.807) is 50.1 Å². The average Bonchev–Trinajstić information content (AvgIpc) is 3.02. The molecule has 0 aliphatic carbocycles. The van der Waals surface area contributed by atoms with Crippen LogP contribution in [0.2, 0.25) is 0 Å². The molecule has 2 amide bonds. The lowest BCUT2D eigenvalue weighted by atomic mass is 10.1. The quantitative estimate of drug-likeness (QED) is 0.809. The first-order valence-electron chi connectivity index (χ1n) is 8.11. The number of aromatic carboxylic acids is 1. The van der Waals surface area contributed by atoms with Crippen molar-refractivity contribution < 1.29 is 19.5 Å². The zero-order valence-corrected chi connectivity index (χ0v) is 15.9. The molecule has 26 heavy (non-hydrogen) atoms. The van der Waals surface area contributed by atoms with Gasteiger partial charge >= 0.3 is 5.97 Å². The second-order valence-corrected chi connectivity index (χ2v) is 6.90. The molecule has 1 heterocycles. The number of nitrogens with one attached hydrogen (secondary N) is 1. The van der Waals surface area contributed by atoms with Crippen LogP contribution in [-0.4, -0.2) is 46.4 Å². The minimum absolute atomic E-state index is 0.156. The third-order valence-corrected chi connectivity index (χ3v) is 5.25. The van der Waals surface area contributed by atoms with Crippen LogP contribution >= 0.6 is 11.3 Å². The van der Waals surface area contributed by atoms with Gasteiger partial charge in [0.1, 0.15) is 9.88 Å². The normalized spacial score (nSPS) is 11.7. The Morgan fingerprint density at radius 3 is 2.54 bits per heavy atom. The van der Waals surface area contributed by atoms with Gasteiger partial charge in [0.15, 0.2) is 0 Å². The van der Waals surface area contributed by atoms with Gasteiger partial charge in [-0.15, -0.1) is 11.3 Å². The Bertz CT molecular complexity index is 847. The van der Waals surface area contributed by atoms with Crippen molar-refractivity contribution in [3.05, 3.63) is 51.0 Å². The van der Waals surface area contributed by atoms with Crippen LogP contribution in [0.25, 0.3) is 0 Å². The molecule has 0 bridgehead atoms. The highest BCUT2D eigenvalue weighted by Gasteiger charge is 2.20. The Balaban J connectivity index is 2.16. The van der Waals surface area contributed by atoms with Crippen molar-refractivity contribution in [3.8, 4) is 0 Å². The number of aromatic nitrogens is 1. The van der Waals surface area contributed by atoms with E-state index in [0.717, 1.165) is 11.3 Å². The highest BCUT2D eigenvalue weighted by molar-refractivity contribution is 7.13. The monoisotopic (exact) mass is 375 g/mol. The number of nitrogens with zero attached hydrogens (tertiary/aromatic N) is 2. The number of rotatable bonds is 6. The van der Waals surface area contributed by atoms with Crippen molar-refractivity contribution >= 4 is 29.1 Å². The maximum atomic E-state index is 12.5. The van der Waals surface area contributed by atoms with Gasteiger partial charge in [-0.3, -0.25) is 9.59 Å². The summed E-state index contributed by atoms with van der Waals surface area (Å²) in [5.74, 6) is -1.54. The van der Waals surface area contributed by atoms with Gasteiger partial charge in [-0.05, 0) is 39.0 Å². The lowest BCUT2D eigenvalue weighted by Gasteiger charge is -2.15. The lowest BCUT2D eigenvalue weighted by molar-refractivity contribution is 0.0700. The second-order valence-electron chi connectivity index (χ2n) is 5.87. The Morgan fingerprint density at radius 2 is 1.96 bits per heavy atom. The lowest BCUT2D eigenvalue weighted by Crippen LogP contribution is -2.28. The number of carboxylic acid groups (broad SMARTS) is 1. The summed E-state index contributed by atoms with van der Waals surface area (Å²) in [5, 5.41) is 12.4. The summed E-state index contributed by atoms with van der Waals surface area (Å²) < 4.78 is 0. The molecule has 2 rings (SSSR count). The molecule has 1 unspecified atom stereocenters. The third kappa shape index (κ3) is 4.26. The van der Waals surface area contributed by atoms with Crippen LogP contribution in [0.5, 0.6) is 0 Å². The van der Waals surface area contributed by atoms with Gasteiger partial charge in [0.2, 0.25) is 0 Å². The maximum Gasteiger partial charge on any atom is 0.347 e. The van der Waals surface area contributed by atoms with Gasteiger partial charge in [0, 0.05) is 24.7 Å². The van der Waals surface area contributed by atoms with Crippen molar-refractivity contribution in [3.63, 3.8) is 0 Å². The van der Waals surface area contributed by atoms with E-state index in [1.807, 2.05) is 6.92 Å². The Kier molecular flexibility index (Phi) is 6.10. The van der Waals surface area contributed by atoms with Gasteiger partial charge in [-0.25, -0.2) is 9.78 Å². The van der Waals surface area contributed by atoms with Crippen molar-refractivity contribution in [2.75, 3.05) is 13.6 Å². The molecule has 0 fully saturated rings. The largest absolute Gasteiger partial charge is 0.477 e. The molecule has 1 aromatic heterocycles. The molecule has 0 spiro atoms. The van der Waals surface area contributed by atoms with Crippen LogP contribution in [-0.2, 0) is 0 Å². The molecular weight excluding hydrogens is 354 g/mol. The van der Waals surface area contributed by atoms with Crippen LogP contribution in [0.3, 0.4) is 0 Å². The second kappa shape index (κ2) is 8.09. The summed E-state index contributed by atoms with van der Waals surface area (Å²) in [4.78, 5) is 41.8. The first-order valence-corrected chi connectivity index (χ1v) is 8.93. The fourth-order valence-corrected chi connectivity index (χ4v) is 3.21. The van der Waals surface area contributed by atoms with E-state index in [4.69, 9.17) is 5.11 Å². The molecule has 0 aliphatic heterocycles. The number of benzene rings is 1.